The van der Waals surface area contributed by atoms with Crippen molar-refractivity contribution < 1.29 is 4.79 Å². The number of carbonyl (C=O) groups is 1. The van der Waals surface area contributed by atoms with Crippen molar-refractivity contribution in [2.45, 2.75) is 30.8 Å². The average molecular weight is 448 g/mol. The summed E-state index contributed by atoms with van der Waals surface area (Å²) in [5, 5.41) is 15.0. The van der Waals surface area contributed by atoms with Gasteiger partial charge in [-0.1, -0.05) is 59.8 Å². The normalized spacial score (nSPS) is 13.3. The molecule has 8 heteroatoms. The number of nitrogens with one attached hydrogen (secondary N) is 1. The highest BCUT2D eigenvalue weighted by Gasteiger charge is 2.31. The number of nitrogens with zero attached hydrogens (tertiary/aromatic N) is 4. The van der Waals surface area contributed by atoms with Crippen molar-refractivity contribution in [2.24, 2.45) is 0 Å². The molecule has 31 heavy (non-hydrogen) atoms. The zero-order valence-corrected chi connectivity index (χ0v) is 18.6. The van der Waals surface area contributed by atoms with Crippen molar-refractivity contribution in [1.82, 2.24) is 19.7 Å². The van der Waals surface area contributed by atoms with Crippen molar-refractivity contribution >= 4 is 34.1 Å². The second-order valence-electron chi connectivity index (χ2n) is 7.53. The number of para-hydroxylation sites is 1. The van der Waals surface area contributed by atoms with Crippen molar-refractivity contribution in [1.29, 1.82) is 0 Å². The van der Waals surface area contributed by atoms with Crippen molar-refractivity contribution in [3.63, 3.8) is 0 Å². The van der Waals surface area contributed by atoms with E-state index < -0.39 is 0 Å². The topological polar surface area (TPSA) is 72.7 Å². The molecular weight excluding hydrogens is 426 g/mol. The molecule has 0 unspecified atom stereocenters. The van der Waals surface area contributed by atoms with Crippen LogP contribution in [0, 0.1) is 6.92 Å². The second kappa shape index (κ2) is 8.64. The Bertz CT molecular complexity index is 1200. The SMILES string of the molecule is Cc1ccc(-c2csc(NC(=O)CSc3nnc(C4CC4)n3-c3ccccc3)n2)cc1. The molecule has 1 N–H and O–H groups in total. The first kappa shape index (κ1) is 20.0. The van der Waals surface area contributed by atoms with E-state index in [0.29, 0.717) is 11.0 Å². The molecule has 1 aliphatic carbocycles. The van der Waals surface area contributed by atoms with Gasteiger partial charge in [-0.3, -0.25) is 9.36 Å². The molecule has 0 atom stereocenters. The van der Waals surface area contributed by atoms with Crippen molar-refractivity contribution in [3.05, 3.63) is 71.4 Å². The van der Waals surface area contributed by atoms with Gasteiger partial charge in [-0.2, -0.15) is 0 Å². The number of thiazole rings is 1. The molecular formula is C23H21N5OS2. The number of benzene rings is 2. The summed E-state index contributed by atoms with van der Waals surface area (Å²) in [7, 11) is 0. The van der Waals surface area contributed by atoms with Crippen molar-refractivity contribution in [2.75, 3.05) is 11.1 Å². The van der Waals surface area contributed by atoms with Crippen molar-refractivity contribution in [3.8, 4) is 16.9 Å². The minimum absolute atomic E-state index is 0.106. The lowest BCUT2D eigenvalue weighted by molar-refractivity contribution is -0.113. The molecule has 1 saturated carbocycles. The van der Waals surface area contributed by atoms with Gasteiger partial charge in [0.05, 0.1) is 11.4 Å². The van der Waals surface area contributed by atoms with Crippen LogP contribution in [0.3, 0.4) is 0 Å². The molecule has 5 rings (SSSR count). The third kappa shape index (κ3) is 4.55. The molecule has 2 aromatic carbocycles. The lowest BCUT2D eigenvalue weighted by atomic mass is 10.1. The second-order valence-corrected chi connectivity index (χ2v) is 9.33. The van der Waals surface area contributed by atoms with Crippen LogP contribution in [0.25, 0.3) is 16.9 Å². The standard InChI is InChI=1S/C23H21N5OS2/c1-15-7-9-16(10-8-15)19-13-30-22(24-19)25-20(29)14-31-23-27-26-21(17-11-12-17)28(23)18-5-3-2-4-6-18/h2-10,13,17H,11-12,14H2,1H3,(H,24,25,29). The summed E-state index contributed by atoms with van der Waals surface area (Å²) < 4.78 is 2.08. The number of aryl methyl sites for hydroxylation is 1. The van der Waals surface area contributed by atoms with Gasteiger partial charge < -0.3 is 5.32 Å². The van der Waals surface area contributed by atoms with E-state index in [0.717, 1.165) is 40.8 Å². The highest BCUT2D eigenvalue weighted by atomic mass is 32.2. The smallest absolute Gasteiger partial charge is 0.236 e. The first-order valence-corrected chi connectivity index (χ1v) is 12.0. The Morgan fingerprint density at radius 3 is 2.65 bits per heavy atom. The van der Waals surface area contributed by atoms with Gasteiger partial charge in [0.2, 0.25) is 5.91 Å². The van der Waals surface area contributed by atoms with E-state index in [1.807, 2.05) is 47.8 Å². The summed E-state index contributed by atoms with van der Waals surface area (Å²) in [6.07, 6.45) is 2.28. The molecule has 0 radical (unpaired) electrons. The number of carbonyl (C=O) groups excluding carboxylic acids is 1. The summed E-state index contributed by atoms with van der Waals surface area (Å²) in [5.74, 6) is 1.59. The first-order chi connectivity index (χ1) is 15.2. The molecule has 156 valence electrons. The quantitative estimate of drug-likeness (QED) is 0.389. The van der Waals surface area contributed by atoms with Crippen LogP contribution in [0.15, 0.2) is 65.1 Å². The fourth-order valence-corrected chi connectivity index (χ4v) is 4.77. The number of aromatic nitrogens is 4. The highest BCUT2D eigenvalue weighted by Crippen LogP contribution is 2.41. The fourth-order valence-electron chi connectivity index (χ4n) is 3.27. The van der Waals surface area contributed by atoms with E-state index in [4.69, 9.17) is 0 Å². The Morgan fingerprint density at radius 2 is 1.90 bits per heavy atom. The van der Waals surface area contributed by atoms with E-state index in [9.17, 15) is 4.79 Å². The van der Waals surface area contributed by atoms with Crippen LogP contribution in [0.1, 0.15) is 30.1 Å². The number of anilines is 1. The van der Waals surface area contributed by atoms with Crippen LogP contribution in [0.5, 0.6) is 0 Å². The average Bonchev–Trinajstić information content (AvgIpc) is 3.38. The molecule has 0 saturated heterocycles. The van der Waals surface area contributed by atoms with E-state index >= 15 is 0 Å². The largest absolute Gasteiger partial charge is 0.301 e. The minimum atomic E-state index is -0.106. The van der Waals surface area contributed by atoms with E-state index in [-0.39, 0.29) is 11.7 Å². The summed E-state index contributed by atoms with van der Waals surface area (Å²) >= 11 is 2.82. The first-order valence-electron chi connectivity index (χ1n) is 10.1. The van der Waals surface area contributed by atoms with Crippen LogP contribution in [-0.4, -0.2) is 31.4 Å². The van der Waals surface area contributed by atoms with Crippen LogP contribution in [0.4, 0.5) is 5.13 Å². The zero-order valence-electron chi connectivity index (χ0n) is 17.0. The van der Waals surface area contributed by atoms with E-state index in [2.05, 4.69) is 44.1 Å². The number of hydrogen-bond acceptors (Lipinski definition) is 6. The predicted octanol–water partition coefficient (Wildman–Crippen LogP) is 5.31. The Balaban J connectivity index is 1.26. The molecule has 1 amide bonds. The van der Waals surface area contributed by atoms with Gasteiger partial charge in [0, 0.05) is 22.5 Å². The van der Waals surface area contributed by atoms with Crippen LogP contribution < -0.4 is 5.32 Å². The molecule has 2 aromatic heterocycles. The molecule has 1 fully saturated rings. The lowest BCUT2D eigenvalue weighted by Crippen LogP contribution is -2.14. The van der Waals surface area contributed by atoms with Gasteiger partial charge in [0.15, 0.2) is 10.3 Å². The van der Waals surface area contributed by atoms with Crippen LogP contribution >= 0.6 is 23.1 Å². The van der Waals surface area contributed by atoms with Gasteiger partial charge >= 0.3 is 0 Å². The molecule has 0 spiro atoms. The molecule has 1 aliphatic rings. The molecule has 4 aromatic rings. The zero-order chi connectivity index (χ0) is 21.2. The predicted molar refractivity (Wildman–Crippen MR) is 125 cm³/mol. The monoisotopic (exact) mass is 447 g/mol. The Morgan fingerprint density at radius 1 is 1.13 bits per heavy atom. The summed E-state index contributed by atoms with van der Waals surface area (Å²) in [6, 6.07) is 18.3. The molecule has 0 aliphatic heterocycles. The third-order valence-electron chi connectivity index (χ3n) is 5.05. The minimum Gasteiger partial charge on any atom is -0.301 e. The number of amides is 1. The van der Waals surface area contributed by atoms with Gasteiger partial charge in [-0.25, -0.2) is 4.98 Å². The van der Waals surface area contributed by atoms with E-state index in [1.54, 1.807) is 0 Å². The fraction of sp³-hybridized carbons (Fsp3) is 0.217. The van der Waals surface area contributed by atoms with Gasteiger partial charge in [-0.05, 0) is 31.9 Å². The Hall–Kier alpha value is -2.97. The van der Waals surface area contributed by atoms with Gasteiger partial charge in [-0.15, -0.1) is 21.5 Å². The maximum atomic E-state index is 12.6. The molecule has 2 heterocycles. The lowest BCUT2D eigenvalue weighted by Gasteiger charge is -2.09. The number of rotatable bonds is 7. The third-order valence-corrected chi connectivity index (χ3v) is 6.73. The molecule has 0 bridgehead atoms. The van der Waals surface area contributed by atoms with E-state index in [1.165, 1.54) is 28.7 Å². The maximum absolute atomic E-state index is 12.6. The van der Waals surface area contributed by atoms with Crippen LogP contribution in [-0.2, 0) is 4.79 Å². The van der Waals surface area contributed by atoms with Gasteiger partial charge in [0.1, 0.15) is 5.82 Å². The number of hydrogen-bond donors (Lipinski definition) is 1. The number of thioether (sulfide) groups is 1. The highest BCUT2D eigenvalue weighted by molar-refractivity contribution is 7.99. The summed E-state index contributed by atoms with van der Waals surface area (Å²) in [6.45, 7) is 2.06. The Labute approximate surface area is 188 Å². The Kier molecular flexibility index (Phi) is 5.57. The van der Waals surface area contributed by atoms with Crippen LogP contribution in [0.2, 0.25) is 0 Å². The summed E-state index contributed by atoms with van der Waals surface area (Å²) in [5.41, 5.74) is 4.14. The molecule has 6 nitrogen and oxygen atoms in total. The summed E-state index contributed by atoms with van der Waals surface area (Å²) in [4.78, 5) is 17.1. The van der Waals surface area contributed by atoms with Gasteiger partial charge in [0.25, 0.3) is 0 Å². The maximum Gasteiger partial charge on any atom is 0.236 e.